The topological polar surface area (TPSA) is 15.6 Å². The molecule has 1 aromatic carbocycles. The smallest absolute Gasteiger partial charge is 0.113 e. The Labute approximate surface area is 106 Å². The molecule has 2 fully saturated rings. The molecule has 1 saturated carbocycles. The fourth-order valence-electron chi connectivity index (χ4n) is 3.41. The van der Waals surface area contributed by atoms with E-state index in [-0.39, 0.29) is 0 Å². The van der Waals surface area contributed by atoms with Crippen LogP contribution in [0.5, 0.6) is 0 Å². The molecule has 0 N–H and O–H groups in total. The van der Waals surface area contributed by atoms with E-state index in [9.17, 15) is 0 Å². The van der Waals surface area contributed by atoms with Crippen LogP contribution in [0.4, 0.5) is 5.69 Å². The van der Waals surface area contributed by atoms with Crippen molar-refractivity contribution < 1.29 is 0 Å². The normalized spacial score (nSPS) is 29.1. The molecule has 2 bridgehead atoms. The van der Waals surface area contributed by atoms with Crippen molar-refractivity contribution >= 4 is 28.8 Å². The number of benzene rings is 1. The molecule has 1 saturated heterocycles. The summed E-state index contributed by atoms with van der Waals surface area (Å²) < 4.78 is 0. The van der Waals surface area contributed by atoms with Crippen LogP contribution in [0.15, 0.2) is 29.8 Å². The Balaban J connectivity index is 1.92. The summed E-state index contributed by atoms with van der Waals surface area (Å²) in [5.41, 5.74) is 3.22. The molecular weight excluding hydrogens is 232 g/mol. The largest absolute Gasteiger partial charge is 0.326 e. The van der Waals surface area contributed by atoms with E-state index in [1.54, 1.807) is 0 Å². The number of piperidine rings is 1. The van der Waals surface area contributed by atoms with E-state index in [4.69, 9.17) is 16.6 Å². The second-order valence-electron chi connectivity index (χ2n) is 5.11. The van der Waals surface area contributed by atoms with Crippen LogP contribution in [0.3, 0.4) is 0 Å². The van der Waals surface area contributed by atoms with Gasteiger partial charge in [0.25, 0.3) is 0 Å². The summed E-state index contributed by atoms with van der Waals surface area (Å²) in [6, 6.07) is 6.53. The number of nitrogens with zero attached hydrogens (tertiary/aromatic N) is 2. The summed E-state index contributed by atoms with van der Waals surface area (Å²) in [7, 11) is 0. The Morgan fingerprint density at radius 1 is 1.35 bits per heavy atom. The third kappa shape index (κ3) is 1.19. The fraction of sp³-hybridized carbons (Fsp3) is 0.357. The number of hydrogen-bond acceptors (Lipinski definition) is 2. The highest BCUT2D eigenvalue weighted by molar-refractivity contribution is 6.31. The second-order valence-corrected chi connectivity index (χ2v) is 5.55. The summed E-state index contributed by atoms with van der Waals surface area (Å²) in [5.74, 6) is 1.87. The predicted octanol–water partition coefficient (Wildman–Crippen LogP) is 3.84. The molecule has 17 heavy (non-hydrogen) atoms. The predicted molar refractivity (Wildman–Crippen MR) is 70.5 cm³/mol. The second kappa shape index (κ2) is 3.14. The quantitative estimate of drug-likeness (QED) is 0.677. The van der Waals surface area contributed by atoms with Crippen LogP contribution < -0.4 is 0 Å². The highest BCUT2D eigenvalue weighted by atomic mass is 35.5. The Kier molecular flexibility index (Phi) is 1.79. The first-order chi connectivity index (χ1) is 8.24. The zero-order chi connectivity index (χ0) is 11.6. The van der Waals surface area contributed by atoms with Crippen molar-refractivity contribution in [3.63, 3.8) is 0 Å². The van der Waals surface area contributed by atoms with Crippen molar-refractivity contribution in [3.05, 3.63) is 35.4 Å². The van der Waals surface area contributed by atoms with Crippen molar-refractivity contribution in [2.75, 3.05) is 0 Å². The molecule has 1 aromatic rings. The van der Waals surface area contributed by atoms with E-state index < -0.39 is 0 Å². The first-order valence-electron chi connectivity index (χ1n) is 6.10. The van der Waals surface area contributed by atoms with Crippen molar-refractivity contribution in [2.24, 2.45) is 10.9 Å². The van der Waals surface area contributed by atoms with E-state index in [1.807, 2.05) is 18.2 Å². The lowest BCUT2D eigenvalue weighted by atomic mass is 10.0. The third-order valence-corrected chi connectivity index (χ3v) is 4.41. The van der Waals surface area contributed by atoms with Gasteiger partial charge in [0.2, 0.25) is 0 Å². The zero-order valence-corrected chi connectivity index (χ0v) is 10.2. The summed E-state index contributed by atoms with van der Waals surface area (Å²) in [6.45, 7) is 4.25. The fourth-order valence-corrected chi connectivity index (χ4v) is 3.58. The van der Waals surface area contributed by atoms with Gasteiger partial charge in [-0.15, -0.1) is 0 Å². The van der Waals surface area contributed by atoms with E-state index in [2.05, 4.69) is 11.5 Å². The first-order valence-corrected chi connectivity index (χ1v) is 6.48. The van der Waals surface area contributed by atoms with Gasteiger partial charge >= 0.3 is 0 Å². The van der Waals surface area contributed by atoms with E-state index in [0.717, 1.165) is 22.0 Å². The van der Waals surface area contributed by atoms with Crippen LogP contribution in [-0.4, -0.2) is 16.8 Å². The molecule has 2 nitrogen and oxygen atoms in total. The standard InChI is InChI=1S/C14H13ClN2/c1-8-12-5-3-10(15)7-13(12)16-14-9-2-4-11(6-9)17(8)14/h3,5,7,9,11H,1-2,4,6H2. The number of rotatable bonds is 0. The van der Waals surface area contributed by atoms with Crippen molar-refractivity contribution in [1.29, 1.82) is 0 Å². The van der Waals surface area contributed by atoms with Crippen LogP contribution >= 0.6 is 11.6 Å². The summed E-state index contributed by atoms with van der Waals surface area (Å²) >= 11 is 6.03. The van der Waals surface area contributed by atoms with Gasteiger partial charge < -0.3 is 4.90 Å². The summed E-state index contributed by atoms with van der Waals surface area (Å²) in [5, 5.41) is 0.748. The molecule has 4 rings (SSSR count). The molecule has 1 aliphatic carbocycles. The summed E-state index contributed by atoms with van der Waals surface area (Å²) in [6.07, 6.45) is 3.81. The minimum Gasteiger partial charge on any atom is -0.326 e. The molecule has 86 valence electrons. The Hall–Kier alpha value is -1.28. The van der Waals surface area contributed by atoms with Gasteiger partial charge in [0.1, 0.15) is 5.84 Å². The lowest BCUT2D eigenvalue weighted by molar-refractivity contribution is 0.438. The molecule has 2 heterocycles. The monoisotopic (exact) mass is 244 g/mol. The number of aliphatic imine (C=N–C) groups is 1. The van der Waals surface area contributed by atoms with Gasteiger partial charge in [-0.05, 0) is 37.5 Å². The van der Waals surface area contributed by atoms with Crippen molar-refractivity contribution in [1.82, 2.24) is 4.90 Å². The maximum atomic E-state index is 6.03. The van der Waals surface area contributed by atoms with Gasteiger partial charge in [0.05, 0.1) is 5.69 Å². The van der Waals surface area contributed by atoms with Gasteiger partial charge in [0.15, 0.2) is 0 Å². The van der Waals surface area contributed by atoms with Gasteiger partial charge in [0, 0.05) is 28.2 Å². The number of halogens is 1. The maximum absolute atomic E-state index is 6.03. The summed E-state index contributed by atoms with van der Waals surface area (Å²) in [4.78, 5) is 7.15. The minimum absolute atomic E-state index is 0.634. The molecule has 0 aromatic heterocycles. The molecule has 3 heteroatoms. The number of amidine groups is 1. The average Bonchev–Trinajstić information content (AvgIpc) is 2.89. The van der Waals surface area contributed by atoms with E-state index in [0.29, 0.717) is 12.0 Å². The SMILES string of the molecule is C=C1c2ccc(Cl)cc2N=C2C3CCC(C3)N12. The highest BCUT2D eigenvalue weighted by Crippen LogP contribution is 2.48. The van der Waals surface area contributed by atoms with Crippen LogP contribution in [0.1, 0.15) is 24.8 Å². The highest BCUT2D eigenvalue weighted by Gasteiger charge is 2.45. The molecule has 2 atom stereocenters. The first kappa shape index (κ1) is 9.72. The lowest BCUT2D eigenvalue weighted by Crippen LogP contribution is -2.36. The van der Waals surface area contributed by atoms with E-state index in [1.165, 1.54) is 25.1 Å². The molecule has 0 amide bonds. The maximum Gasteiger partial charge on any atom is 0.113 e. The zero-order valence-electron chi connectivity index (χ0n) is 9.49. The van der Waals surface area contributed by atoms with Crippen LogP contribution in [0.25, 0.3) is 5.70 Å². The Morgan fingerprint density at radius 2 is 2.24 bits per heavy atom. The molecule has 0 radical (unpaired) electrons. The Bertz CT molecular complexity index is 561. The molecule has 2 aliphatic heterocycles. The van der Waals surface area contributed by atoms with Gasteiger partial charge in [-0.3, -0.25) is 0 Å². The van der Waals surface area contributed by atoms with E-state index >= 15 is 0 Å². The molecule has 3 aliphatic rings. The molecule has 2 unspecified atom stereocenters. The minimum atomic E-state index is 0.634. The van der Waals surface area contributed by atoms with Crippen LogP contribution in [0, 0.1) is 5.92 Å². The van der Waals surface area contributed by atoms with Crippen LogP contribution in [0.2, 0.25) is 5.02 Å². The van der Waals surface area contributed by atoms with Crippen molar-refractivity contribution in [2.45, 2.75) is 25.3 Å². The van der Waals surface area contributed by atoms with Gasteiger partial charge in [-0.2, -0.15) is 0 Å². The van der Waals surface area contributed by atoms with Gasteiger partial charge in [-0.1, -0.05) is 18.2 Å². The number of hydrogen-bond donors (Lipinski definition) is 0. The molecular formula is C14H13ClN2. The van der Waals surface area contributed by atoms with Gasteiger partial charge in [-0.25, -0.2) is 4.99 Å². The van der Waals surface area contributed by atoms with Crippen LogP contribution in [-0.2, 0) is 0 Å². The number of fused-ring (bicyclic) bond motifs is 6. The average molecular weight is 245 g/mol. The third-order valence-electron chi connectivity index (χ3n) is 4.18. The Morgan fingerprint density at radius 3 is 3.12 bits per heavy atom. The lowest BCUT2D eigenvalue weighted by Gasteiger charge is -2.35. The molecule has 0 spiro atoms. The van der Waals surface area contributed by atoms with Crippen molar-refractivity contribution in [3.8, 4) is 0 Å².